The highest BCUT2D eigenvalue weighted by atomic mass is 16.3. The van der Waals surface area contributed by atoms with Crippen LogP contribution in [0.3, 0.4) is 0 Å². The van der Waals surface area contributed by atoms with Crippen molar-refractivity contribution in [1.29, 1.82) is 0 Å². The van der Waals surface area contributed by atoms with Gasteiger partial charge in [0, 0.05) is 5.41 Å². The topological polar surface area (TPSA) is 37.3 Å². The third-order valence-corrected chi connectivity index (χ3v) is 7.48. The summed E-state index contributed by atoms with van der Waals surface area (Å²) < 4.78 is 0. The Morgan fingerprint density at radius 2 is 2.00 bits per heavy atom. The van der Waals surface area contributed by atoms with Crippen molar-refractivity contribution >= 4 is 5.78 Å². The van der Waals surface area contributed by atoms with Crippen molar-refractivity contribution in [3.05, 3.63) is 36.0 Å². The summed E-state index contributed by atoms with van der Waals surface area (Å²) in [6, 6.07) is 0. The maximum Gasteiger partial charge on any atom is 0.178 e. The molecule has 2 heteroatoms. The number of ketones is 1. The van der Waals surface area contributed by atoms with E-state index < -0.39 is 0 Å². The Labute approximate surface area is 133 Å². The van der Waals surface area contributed by atoms with Crippen molar-refractivity contribution in [2.75, 3.05) is 0 Å². The molecule has 0 aromatic rings. The summed E-state index contributed by atoms with van der Waals surface area (Å²) in [6.07, 6.45) is 10.9. The smallest absolute Gasteiger partial charge is 0.178 e. The largest absolute Gasteiger partial charge is 0.393 e. The van der Waals surface area contributed by atoms with Gasteiger partial charge in [0.2, 0.25) is 0 Å². The Morgan fingerprint density at radius 3 is 2.77 bits per heavy atom. The molecule has 4 aliphatic rings. The number of hydrogen-bond donors (Lipinski definition) is 1. The van der Waals surface area contributed by atoms with Gasteiger partial charge in [-0.05, 0) is 73.0 Å². The predicted molar refractivity (Wildman–Crippen MR) is 87.1 cm³/mol. The van der Waals surface area contributed by atoms with Crippen LogP contribution in [0.5, 0.6) is 0 Å². The molecule has 0 heterocycles. The Kier molecular flexibility index (Phi) is 2.92. The molecule has 0 aromatic heterocycles. The van der Waals surface area contributed by atoms with Crippen LogP contribution in [-0.2, 0) is 4.79 Å². The molecule has 0 aromatic carbocycles. The van der Waals surface area contributed by atoms with Gasteiger partial charge in [-0.1, -0.05) is 32.1 Å². The zero-order chi connectivity index (χ0) is 15.7. The minimum Gasteiger partial charge on any atom is -0.393 e. The van der Waals surface area contributed by atoms with E-state index >= 15 is 0 Å². The van der Waals surface area contributed by atoms with Crippen LogP contribution < -0.4 is 0 Å². The third-order valence-electron chi connectivity index (χ3n) is 7.48. The fraction of sp³-hybridized carbons (Fsp3) is 0.650. The van der Waals surface area contributed by atoms with Gasteiger partial charge in [0.1, 0.15) is 0 Å². The van der Waals surface area contributed by atoms with Crippen LogP contribution in [0.1, 0.15) is 46.0 Å². The fourth-order valence-corrected chi connectivity index (χ4v) is 6.18. The zero-order valence-electron chi connectivity index (χ0n) is 13.6. The lowest BCUT2D eigenvalue weighted by molar-refractivity contribution is -0.111. The molecule has 1 N–H and O–H groups in total. The Morgan fingerprint density at radius 1 is 1.23 bits per heavy atom. The van der Waals surface area contributed by atoms with Crippen LogP contribution in [-0.4, -0.2) is 17.0 Å². The zero-order valence-corrected chi connectivity index (χ0v) is 13.6. The lowest BCUT2D eigenvalue weighted by Gasteiger charge is -2.57. The van der Waals surface area contributed by atoms with Gasteiger partial charge in [0.25, 0.3) is 0 Å². The molecule has 4 aliphatic carbocycles. The van der Waals surface area contributed by atoms with E-state index in [1.807, 2.05) is 6.08 Å². The van der Waals surface area contributed by atoms with Crippen molar-refractivity contribution in [1.82, 2.24) is 0 Å². The number of allylic oxidation sites excluding steroid dienone is 5. The first-order chi connectivity index (χ1) is 10.4. The second-order valence-corrected chi connectivity index (χ2v) is 8.40. The van der Waals surface area contributed by atoms with Gasteiger partial charge in [-0.2, -0.15) is 0 Å². The molecule has 118 valence electrons. The molecule has 0 bridgehead atoms. The molecule has 3 saturated carbocycles. The second kappa shape index (κ2) is 4.44. The first-order valence-electron chi connectivity index (χ1n) is 8.68. The number of carbonyl (C=O) groups excluding carboxylic acids is 1. The van der Waals surface area contributed by atoms with E-state index in [1.54, 1.807) is 6.08 Å². The molecular weight excluding hydrogens is 272 g/mol. The van der Waals surface area contributed by atoms with E-state index in [1.165, 1.54) is 5.57 Å². The van der Waals surface area contributed by atoms with Crippen LogP contribution >= 0.6 is 0 Å². The first kappa shape index (κ1) is 14.4. The van der Waals surface area contributed by atoms with Crippen LogP contribution in [0.25, 0.3) is 0 Å². The number of hydrogen-bond acceptors (Lipinski definition) is 2. The molecule has 0 spiro atoms. The van der Waals surface area contributed by atoms with Crippen molar-refractivity contribution in [2.24, 2.45) is 28.6 Å². The number of carbonyl (C=O) groups is 1. The molecule has 22 heavy (non-hydrogen) atoms. The quantitative estimate of drug-likeness (QED) is 0.738. The average molecular weight is 298 g/mol. The van der Waals surface area contributed by atoms with Gasteiger partial charge < -0.3 is 5.11 Å². The van der Waals surface area contributed by atoms with Gasteiger partial charge in [-0.15, -0.1) is 0 Å². The lowest BCUT2D eigenvalue weighted by Crippen LogP contribution is -2.50. The van der Waals surface area contributed by atoms with Crippen molar-refractivity contribution in [3.8, 4) is 0 Å². The molecular formula is C20H26O2. The van der Waals surface area contributed by atoms with Crippen molar-refractivity contribution in [2.45, 2.75) is 52.1 Å². The van der Waals surface area contributed by atoms with E-state index in [0.717, 1.165) is 37.7 Å². The molecule has 0 amide bonds. The van der Waals surface area contributed by atoms with Crippen LogP contribution in [0.15, 0.2) is 36.0 Å². The maximum absolute atomic E-state index is 11.8. The average Bonchev–Trinajstić information content (AvgIpc) is 2.77. The summed E-state index contributed by atoms with van der Waals surface area (Å²) >= 11 is 0. The summed E-state index contributed by atoms with van der Waals surface area (Å²) in [5.74, 6) is 1.88. The predicted octanol–water partition coefficient (Wildman–Crippen LogP) is 3.82. The number of rotatable bonds is 0. The Balaban J connectivity index is 1.76. The highest BCUT2D eigenvalue weighted by Crippen LogP contribution is 2.65. The van der Waals surface area contributed by atoms with Gasteiger partial charge in [-0.3, -0.25) is 4.79 Å². The van der Waals surface area contributed by atoms with Gasteiger partial charge in [0.15, 0.2) is 5.78 Å². The Bertz CT molecular complexity index is 613. The van der Waals surface area contributed by atoms with Crippen LogP contribution in [0, 0.1) is 28.6 Å². The van der Waals surface area contributed by atoms with Gasteiger partial charge in [-0.25, -0.2) is 0 Å². The lowest BCUT2D eigenvalue weighted by atomic mass is 9.47. The van der Waals surface area contributed by atoms with E-state index in [4.69, 9.17) is 0 Å². The summed E-state index contributed by atoms with van der Waals surface area (Å²) in [5, 5.41) is 10.5. The van der Waals surface area contributed by atoms with E-state index in [-0.39, 0.29) is 22.7 Å². The van der Waals surface area contributed by atoms with Crippen molar-refractivity contribution < 1.29 is 9.90 Å². The fourth-order valence-electron chi connectivity index (χ4n) is 6.18. The van der Waals surface area contributed by atoms with Gasteiger partial charge in [0.05, 0.1) is 6.10 Å². The number of fused-ring (bicyclic) bond motifs is 5. The minimum atomic E-state index is -0.139. The van der Waals surface area contributed by atoms with Crippen LogP contribution in [0.2, 0.25) is 0 Å². The molecule has 6 atom stereocenters. The minimum absolute atomic E-state index is 0.0389. The normalized spacial score (nSPS) is 50.2. The molecule has 0 aliphatic heterocycles. The molecule has 4 rings (SSSR count). The van der Waals surface area contributed by atoms with E-state index in [2.05, 4.69) is 26.5 Å². The molecule has 2 nitrogen and oxygen atoms in total. The molecule has 0 saturated heterocycles. The third kappa shape index (κ3) is 1.68. The SMILES string of the molecule is C=C1C[C@@H]2[C@H](CC[C@]3(C)C(O)CC[C@@H]23)[C@@]2(C)C=CC(=O)C=C12. The summed E-state index contributed by atoms with van der Waals surface area (Å²) in [6.45, 7) is 8.89. The highest BCUT2D eigenvalue weighted by molar-refractivity contribution is 6.01. The van der Waals surface area contributed by atoms with Gasteiger partial charge >= 0.3 is 0 Å². The highest BCUT2D eigenvalue weighted by Gasteiger charge is 2.58. The maximum atomic E-state index is 11.8. The standard InChI is InChI=1S/C20H26O2/c1-12-10-14-15-4-5-18(22)20(15,3)9-7-16(14)19(2)8-6-13(21)11-17(12)19/h6,8,11,14-16,18,22H,1,4-5,7,9-10H2,2-3H3/t14-,15-,16-,18?,19+,20-/m0/s1. The van der Waals surface area contributed by atoms with E-state index in [0.29, 0.717) is 17.8 Å². The number of aliphatic hydroxyl groups is 1. The number of aliphatic hydroxyl groups excluding tert-OH is 1. The first-order valence-corrected chi connectivity index (χ1v) is 8.68. The van der Waals surface area contributed by atoms with E-state index in [9.17, 15) is 9.90 Å². The monoisotopic (exact) mass is 298 g/mol. The van der Waals surface area contributed by atoms with Crippen LogP contribution in [0.4, 0.5) is 0 Å². The second-order valence-electron chi connectivity index (χ2n) is 8.40. The Hall–Kier alpha value is -1.15. The summed E-state index contributed by atoms with van der Waals surface area (Å²) in [5.41, 5.74) is 2.37. The molecule has 0 radical (unpaired) electrons. The molecule has 3 fully saturated rings. The summed E-state index contributed by atoms with van der Waals surface area (Å²) in [4.78, 5) is 11.8. The van der Waals surface area contributed by atoms with Crippen molar-refractivity contribution in [3.63, 3.8) is 0 Å². The summed E-state index contributed by atoms with van der Waals surface area (Å²) in [7, 11) is 0. The molecule has 1 unspecified atom stereocenters.